The summed E-state index contributed by atoms with van der Waals surface area (Å²) in [5, 5.41) is 10.5. The zero-order chi connectivity index (χ0) is 28.9. The average molecular weight is 531 g/mol. The van der Waals surface area contributed by atoms with Gasteiger partial charge in [-0.2, -0.15) is 0 Å². The topological polar surface area (TPSA) is 161 Å². The van der Waals surface area contributed by atoms with Gasteiger partial charge < -0.3 is 36.5 Å². The minimum atomic E-state index is -0.973. The molecule has 0 aliphatic rings. The molecule has 0 saturated heterocycles. The lowest BCUT2D eigenvalue weighted by Crippen LogP contribution is -2.55. The van der Waals surface area contributed by atoms with Crippen LogP contribution in [0.3, 0.4) is 0 Å². The number of hydrogen-bond acceptors (Lipinski definition) is 6. The van der Waals surface area contributed by atoms with E-state index in [1.54, 1.807) is 52.8 Å². The van der Waals surface area contributed by atoms with Crippen LogP contribution in [0.15, 0.2) is 18.2 Å². The van der Waals surface area contributed by atoms with Crippen molar-refractivity contribution in [1.29, 1.82) is 0 Å². The third kappa shape index (κ3) is 12.5. The van der Waals surface area contributed by atoms with Gasteiger partial charge in [-0.25, -0.2) is 9.59 Å². The maximum Gasteiger partial charge on any atom is 0.408 e. The van der Waals surface area contributed by atoms with Gasteiger partial charge in [0.1, 0.15) is 24.3 Å². The molecule has 1 aromatic rings. The van der Waals surface area contributed by atoms with Crippen LogP contribution in [-0.4, -0.2) is 54.8 Å². The van der Waals surface area contributed by atoms with E-state index < -0.39 is 41.6 Å². The van der Waals surface area contributed by atoms with E-state index in [2.05, 4.69) is 34.1 Å². The number of rotatable bonds is 13. The standard InChI is InChI=1S/C27H40N5O6/c1-8-14-37-16-19-15-20(12-11-18(19)4)30-23(33)21(10-9-13-29-25(28)35)31-24(34)22(17(2)3)32-26(36)38-27(5,6)7/h1,11-12,15,17,21-22H,4,9-10,13-14,16H2,2-3,5-7H3,(H,30,33)(H,31,34)(H,32,36)(H3,28,29,35)/t21-,22-/m0/s1. The molecule has 1 rings (SSSR count). The van der Waals surface area contributed by atoms with Crippen molar-refractivity contribution in [1.82, 2.24) is 16.0 Å². The van der Waals surface area contributed by atoms with Crippen molar-refractivity contribution >= 4 is 29.6 Å². The molecule has 0 aliphatic heterocycles. The number of benzene rings is 1. The summed E-state index contributed by atoms with van der Waals surface area (Å²) < 4.78 is 10.6. The molecule has 6 N–H and O–H groups in total. The fourth-order valence-electron chi connectivity index (χ4n) is 3.30. The highest BCUT2D eigenvalue weighted by Gasteiger charge is 2.30. The van der Waals surface area contributed by atoms with Gasteiger partial charge in [0.25, 0.3) is 0 Å². The van der Waals surface area contributed by atoms with E-state index >= 15 is 0 Å². The fraction of sp³-hybridized carbons (Fsp3) is 0.519. The second-order valence-corrected chi connectivity index (χ2v) is 10.0. The zero-order valence-electron chi connectivity index (χ0n) is 22.8. The molecule has 0 bridgehead atoms. The Hall–Kier alpha value is -3.78. The molecule has 0 fully saturated rings. The lowest BCUT2D eigenvalue weighted by Gasteiger charge is -2.27. The molecule has 209 valence electrons. The smallest absolute Gasteiger partial charge is 0.408 e. The van der Waals surface area contributed by atoms with Gasteiger partial charge in [-0.3, -0.25) is 9.59 Å². The Morgan fingerprint density at radius 2 is 1.82 bits per heavy atom. The molecule has 38 heavy (non-hydrogen) atoms. The SMILES string of the molecule is C#CCOCc1cc(NC(=O)[C@H](CCCNC(N)=O)NC(=O)[C@@H](NC(=O)OC(C)(C)C)C(C)C)ccc1[CH2]. The number of hydrogen-bond donors (Lipinski definition) is 5. The van der Waals surface area contributed by atoms with E-state index in [-0.39, 0.29) is 32.1 Å². The largest absolute Gasteiger partial charge is 0.444 e. The summed E-state index contributed by atoms with van der Waals surface area (Å²) in [6, 6.07) is 2.51. The van der Waals surface area contributed by atoms with Crippen molar-refractivity contribution in [2.75, 3.05) is 18.5 Å². The summed E-state index contributed by atoms with van der Waals surface area (Å²) in [5.74, 6) is 1.06. The predicted octanol–water partition coefficient (Wildman–Crippen LogP) is 2.44. The summed E-state index contributed by atoms with van der Waals surface area (Å²) in [4.78, 5) is 49.7. The summed E-state index contributed by atoms with van der Waals surface area (Å²) in [6.07, 6.45) is 5.02. The van der Waals surface area contributed by atoms with E-state index in [4.69, 9.17) is 21.6 Å². The lowest BCUT2D eigenvalue weighted by molar-refractivity contribution is -0.128. The second-order valence-electron chi connectivity index (χ2n) is 10.0. The maximum absolute atomic E-state index is 13.2. The monoisotopic (exact) mass is 530 g/mol. The number of carbonyl (C=O) groups is 4. The first-order valence-corrected chi connectivity index (χ1v) is 12.3. The molecule has 1 aromatic carbocycles. The molecule has 11 heteroatoms. The maximum atomic E-state index is 13.2. The van der Waals surface area contributed by atoms with Gasteiger partial charge in [0, 0.05) is 12.2 Å². The minimum absolute atomic E-state index is 0.137. The third-order valence-electron chi connectivity index (χ3n) is 5.14. The Labute approximate surface area is 225 Å². The van der Waals surface area contributed by atoms with Gasteiger partial charge in [-0.15, -0.1) is 6.42 Å². The third-order valence-corrected chi connectivity index (χ3v) is 5.14. The van der Waals surface area contributed by atoms with Crippen LogP contribution < -0.4 is 27.0 Å². The molecule has 5 amide bonds. The molecule has 11 nitrogen and oxygen atoms in total. The first-order valence-electron chi connectivity index (χ1n) is 12.3. The van der Waals surface area contributed by atoms with E-state index in [0.29, 0.717) is 12.1 Å². The number of urea groups is 1. The number of alkyl carbamates (subject to hydrolysis) is 1. The van der Waals surface area contributed by atoms with Crippen molar-refractivity contribution in [3.63, 3.8) is 0 Å². The highest BCUT2D eigenvalue weighted by molar-refractivity contribution is 5.98. The fourth-order valence-corrected chi connectivity index (χ4v) is 3.30. The zero-order valence-corrected chi connectivity index (χ0v) is 22.8. The number of amides is 5. The van der Waals surface area contributed by atoms with Crippen LogP contribution in [0.5, 0.6) is 0 Å². The average Bonchev–Trinajstić information content (AvgIpc) is 2.79. The molecular weight excluding hydrogens is 490 g/mol. The second kappa shape index (κ2) is 15.5. The number of terminal acetylenes is 1. The first-order chi connectivity index (χ1) is 17.7. The number of nitrogens with one attached hydrogen (secondary N) is 4. The highest BCUT2D eigenvalue weighted by Crippen LogP contribution is 2.17. The summed E-state index contributed by atoms with van der Waals surface area (Å²) in [6.45, 7) is 13.2. The Kier molecular flexibility index (Phi) is 13.1. The molecule has 2 atom stereocenters. The lowest BCUT2D eigenvalue weighted by atomic mass is 10.0. The Morgan fingerprint density at radius 3 is 2.39 bits per heavy atom. The Balaban J connectivity index is 3.03. The molecule has 0 unspecified atom stereocenters. The van der Waals surface area contributed by atoms with Crippen molar-refractivity contribution in [3.05, 3.63) is 36.2 Å². The summed E-state index contributed by atoms with van der Waals surface area (Å²) >= 11 is 0. The van der Waals surface area contributed by atoms with Gasteiger partial charge in [0.15, 0.2) is 0 Å². The van der Waals surface area contributed by atoms with Crippen molar-refractivity contribution in [2.24, 2.45) is 11.7 Å². The normalized spacial score (nSPS) is 12.6. The van der Waals surface area contributed by atoms with Gasteiger partial charge >= 0.3 is 12.1 Å². The summed E-state index contributed by atoms with van der Waals surface area (Å²) in [7, 11) is 0. The molecule has 0 aliphatic carbocycles. The van der Waals surface area contributed by atoms with Gasteiger partial charge in [0.2, 0.25) is 11.8 Å². The van der Waals surface area contributed by atoms with Crippen LogP contribution in [0.1, 0.15) is 58.6 Å². The molecule has 0 spiro atoms. The van der Waals surface area contributed by atoms with Crippen LogP contribution in [0.2, 0.25) is 0 Å². The van der Waals surface area contributed by atoms with Gasteiger partial charge in [-0.05, 0) is 69.7 Å². The Morgan fingerprint density at radius 1 is 1.13 bits per heavy atom. The van der Waals surface area contributed by atoms with Crippen LogP contribution in [-0.2, 0) is 25.7 Å². The van der Waals surface area contributed by atoms with Crippen LogP contribution in [0.25, 0.3) is 0 Å². The highest BCUT2D eigenvalue weighted by atomic mass is 16.6. The van der Waals surface area contributed by atoms with Crippen LogP contribution in [0, 0.1) is 25.2 Å². The quantitative estimate of drug-likeness (QED) is 0.194. The molecular formula is C27H40N5O6. The number of ether oxygens (including phenoxy) is 2. The van der Waals surface area contributed by atoms with Crippen LogP contribution in [0.4, 0.5) is 15.3 Å². The summed E-state index contributed by atoms with van der Waals surface area (Å²) in [5.41, 5.74) is 6.30. The van der Waals surface area contributed by atoms with E-state index in [1.165, 1.54) is 0 Å². The Bertz CT molecular complexity index is 1010. The van der Waals surface area contributed by atoms with Crippen molar-refractivity contribution < 1.29 is 28.7 Å². The number of primary amides is 1. The molecule has 0 saturated carbocycles. The number of carbonyl (C=O) groups excluding carboxylic acids is 4. The van der Waals surface area contributed by atoms with Crippen molar-refractivity contribution in [3.8, 4) is 12.3 Å². The minimum Gasteiger partial charge on any atom is -0.444 e. The molecule has 0 heterocycles. The molecule has 0 aromatic heterocycles. The van der Waals surface area contributed by atoms with Crippen LogP contribution >= 0.6 is 0 Å². The molecule has 1 radical (unpaired) electrons. The number of nitrogens with two attached hydrogens (primary N) is 1. The van der Waals surface area contributed by atoms with E-state index in [1.807, 2.05) is 0 Å². The van der Waals surface area contributed by atoms with Gasteiger partial charge in [0.05, 0.1) is 6.61 Å². The first kappa shape index (κ1) is 32.2. The van der Waals surface area contributed by atoms with E-state index in [9.17, 15) is 19.2 Å². The van der Waals surface area contributed by atoms with Crippen molar-refractivity contribution in [2.45, 2.75) is 71.8 Å². The predicted molar refractivity (Wildman–Crippen MR) is 145 cm³/mol. The van der Waals surface area contributed by atoms with Gasteiger partial charge in [-0.1, -0.05) is 25.8 Å². The number of anilines is 1. The van der Waals surface area contributed by atoms with E-state index in [0.717, 1.165) is 11.1 Å².